The molecule has 0 saturated heterocycles. The third-order valence-electron chi connectivity index (χ3n) is 3.88. The van der Waals surface area contributed by atoms with Gasteiger partial charge < -0.3 is 14.8 Å². The lowest BCUT2D eigenvalue weighted by Gasteiger charge is -2.08. The Morgan fingerprint density at radius 3 is 2.69 bits per heavy atom. The molecule has 2 N–H and O–H groups in total. The van der Waals surface area contributed by atoms with Crippen LogP contribution in [0.2, 0.25) is 0 Å². The fourth-order valence-corrected chi connectivity index (χ4v) is 2.86. The standard InChI is InChI=1S/C21H24BrN3O4/c1-3-4-11-29-19-10-9-15(12-17(19)22)13-24-25-20(26)14-23-21(27)16-7-5-6-8-18(16)28-2/h5-10,12-13H,3-4,11,14H2,1-2H3,(H,23,27)(H,25,26). The minimum absolute atomic E-state index is 0.206. The zero-order valence-corrected chi connectivity index (χ0v) is 18.0. The van der Waals surface area contributed by atoms with Crippen molar-refractivity contribution < 1.29 is 19.1 Å². The Bertz CT molecular complexity index is 871. The number of amides is 2. The van der Waals surface area contributed by atoms with E-state index in [1.54, 1.807) is 24.3 Å². The summed E-state index contributed by atoms with van der Waals surface area (Å²) in [6.07, 6.45) is 3.58. The van der Waals surface area contributed by atoms with Crippen LogP contribution in [0.5, 0.6) is 11.5 Å². The number of ether oxygens (including phenoxy) is 2. The van der Waals surface area contributed by atoms with Gasteiger partial charge in [0.1, 0.15) is 11.5 Å². The lowest BCUT2D eigenvalue weighted by molar-refractivity contribution is -0.120. The fraction of sp³-hybridized carbons (Fsp3) is 0.286. The average Bonchev–Trinajstić information content (AvgIpc) is 2.73. The van der Waals surface area contributed by atoms with Crippen LogP contribution >= 0.6 is 15.9 Å². The molecule has 0 saturated carbocycles. The van der Waals surface area contributed by atoms with Crippen molar-refractivity contribution in [2.45, 2.75) is 19.8 Å². The van der Waals surface area contributed by atoms with Crippen LogP contribution in [0.15, 0.2) is 52.0 Å². The van der Waals surface area contributed by atoms with Crippen molar-refractivity contribution >= 4 is 34.0 Å². The predicted octanol–water partition coefficient (Wildman–Crippen LogP) is 3.52. The minimum atomic E-state index is -0.442. The van der Waals surface area contributed by atoms with Gasteiger partial charge in [0.25, 0.3) is 11.8 Å². The van der Waals surface area contributed by atoms with Gasteiger partial charge in [0, 0.05) is 0 Å². The number of hydrogen-bond donors (Lipinski definition) is 2. The van der Waals surface area contributed by atoms with Crippen molar-refractivity contribution in [3.63, 3.8) is 0 Å². The second kappa shape index (κ2) is 11.9. The highest BCUT2D eigenvalue weighted by Crippen LogP contribution is 2.25. The second-order valence-electron chi connectivity index (χ2n) is 6.07. The summed E-state index contributed by atoms with van der Waals surface area (Å²) in [5.41, 5.74) is 3.53. The molecule has 8 heteroatoms. The first-order chi connectivity index (χ1) is 14.0. The Balaban J connectivity index is 1.82. The molecule has 0 bridgehead atoms. The van der Waals surface area contributed by atoms with E-state index in [4.69, 9.17) is 9.47 Å². The van der Waals surface area contributed by atoms with Gasteiger partial charge in [-0.05, 0) is 58.2 Å². The summed E-state index contributed by atoms with van der Waals surface area (Å²) in [6, 6.07) is 12.3. The third-order valence-corrected chi connectivity index (χ3v) is 4.50. The number of hydrogen-bond acceptors (Lipinski definition) is 5. The third kappa shape index (κ3) is 7.23. The largest absolute Gasteiger partial charge is 0.496 e. The summed E-state index contributed by atoms with van der Waals surface area (Å²) in [6.45, 7) is 2.57. The van der Waals surface area contributed by atoms with Crippen molar-refractivity contribution in [1.82, 2.24) is 10.7 Å². The number of nitrogens with one attached hydrogen (secondary N) is 2. The van der Waals surface area contributed by atoms with Crippen molar-refractivity contribution in [1.29, 1.82) is 0 Å². The summed E-state index contributed by atoms with van der Waals surface area (Å²) in [4.78, 5) is 24.1. The van der Waals surface area contributed by atoms with Crippen molar-refractivity contribution in [2.75, 3.05) is 20.3 Å². The smallest absolute Gasteiger partial charge is 0.259 e. The molecule has 29 heavy (non-hydrogen) atoms. The summed E-state index contributed by atoms with van der Waals surface area (Å²) in [5.74, 6) is 0.363. The first-order valence-corrected chi connectivity index (χ1v) is 10.00. The van der Waals surface area contributed by atoms with Crippen LogP contribution in [0, 0.1) is 0 Å². The molecule has 0 fully saturated rings. The zero-order chi connectivity index (χ0) is 21.1. The number of carbonyl (C=O) groups excluding carboxylic acids is 2. The monoisotopic (exact) mass is 461 g/mol. The molecule has 0 aromatic heterocycles. The van der Waals surface area contributed by atoms with Gasteiger partial charge in [0.2, 0.25) is 0 Å². The van der Waals surface area contributed by atoms with Gasteiger partial charge >= 0.3 is 0 Å². The van der Waals surface area contributed by atoms with Gasteiger partial charge in [0.15, 0.2) is 0 Å². The molecule has 0 aliphatic heterocycles. The number of methoxy groups -OCH3 is 1. The van der Waals surface area contributed by atoms with E-state index in [0.717, 1.165) is 28.6 Å². The van der Waals surface area contributed by atoms with E-state index >= 15 is 0 Å². The van der Waals surface area contributed by atoms with Crippen LogP contribution in [0.4, 0.5) is 0 Å². The van der Waals surface area contributed by atoms with Crippen LogP contribution in [-0.2, 0) is 4.79 Å². The van der Waals surface area contributed by atoms with Gasteiger partial charge in [-0.15, -0.1) is 0 Å². The summed E-state index contributed by atoms with van der Waals surface area (Å²) in [5, 5.41) is 6.44. The van der Waals surface area contributed by atoms with Crippen LogP contribution in [0.3, 0.4) is 0 Å². The molecule has 0 atom stereocenters. The van der Waals surface area contributed by atoms with Gasteiger partial charge in [-0.2, -0.15) is 5.10 Å². The maximum absolute atomic E-state index is 12.2. The molecule has 2 amide bonds. The molecular weight excluding hydrogens is 438 g/mol. The molecule has 0 heterocycles. The van der Waals surface area contributed by atoms with Crippen LogP contribution in [0.1, 0.15) is 35.7 Å². The highest BCUT2D eigenvalue weighted by Gasteiger charge is 2.12. The van der Waals surface area contributed by atoms with Crippen LogP contribution in [0.25, 0.3) is 0 Å². The van der Waals surface area contributed by atoms with E-state index in [2.05, 4.69) is 38.7 Å². The van der Waals surface area contributed by atoms with E-state index < -0.39 is 11.8 Å². The maximum Gasteiger partial charge on any atom is 0.259 e. The van der Waals surface area contributed by atoms with Gasteiger partial charge in [-0.25, -0.2) is 5.43 Å². The molecule has 2 aromatic rings. The average molecular weight is 462 g/mol. The molecule has 0 unspecified atom stereocenters. The molecule has 0 radical (unpaired) electrons. The first-order valence-electron chi connectivity index (χ1n) is 9.20. The summed E-state index contributed by atoms with van der Waals surface area (Å²) < 4.78 is 11.6. The molecule has 0 aliphatic carbocycles. The maximum atomic E-state index is 12.2. The number of halogens is 1. The van der Waals surface area contributed by atoms with E-state index in [9.17, 15) is 9.59 Å². The normalized spacial score (nSPS) is 10.6. The Morgan fingerprint density at radius 2 is 1.97 bits per heavy atom. The minimum Gasteiger partial charge on any atom is -0.496 e. The highest BCUT2D eigenvalue weighted by molar-refractivity contribution is 9.10. The SMILES string of the molecule is CCCCOc1ccc(C=NNC(=O)CNC(=O)c2ccccc2OC)cc1Br. The Hall–Kier alpha value is -2.87. The van der Waals surface area contributed by atoms with Gasteiger partial charge in [-0.1, -0.05) is 25.5 Å². The quantitative estimate of drug-likeness (QED) is 0.321. The molecule has 2 aromatic carbocycles. The predicted molar refractivity (Wildman–Crippen MR) is 116 cm³/mol. The molecule has 0 spiro atoms. The first kappa shape index (κ1) is 22.4. The lowest BCUT2D eigenvalue weighted by atomic mass is 10.2. The van der Waals surface area contributed by atoms with E-state index in [1.165, 1.54) is 13.3 Å². The molecule has 154 valence electrons. The number of para-hydroxylation sites is 1. The number of hydrazone groups is 1. The zero-order valence-electron chi connectivity index (χ0n) is 16.4. The molecule has 7 nitrogen and oxygen atoms in total. The fourth-order valence-electron chi connectivity index (χ4n) is 2.35. The van der Waals surface area contributed by atoms with Crippen molar-refractivity contribution in [3.8, 4) is 11.5 Å². The lowest BCUT2D eigenvalue weighted by Crippen LogP contribution is -2.35. The van der Waals surface area contributed by atoms with E-state index in [-0.39, 0.29) is 6.54 Å². The number of unbranched alkanes of at least 4 members (excludes halogenated alkanes) is 1. The Morgan fingerprint density at radius 1 is 1.17 bits per heavy atom. The Labute approximate surface area is 178 Å². The second-order valence-corrected chi connectivity index (χ2v) is 6.92. The van der Waals surface area contributed by atoms with Crippen LogP contribution < -0.4 is 20.2 Å². The molecule has 2 rings (SSSR count). The van der Waals surface area contributed by atoms with E-state index in [1.807, 2.05) is 18.2 Å². The number of nitrogens with zero attached hydrogens (tertiary/aromatic N) is 1. The highest BCUT2D eigenvalue weighted by atomic mass is 79.9. The summed E-state index contributed by atoms with van der Waals surface area (Å²) >= 11 is 3.46. The number of carbonyl (C=O) groups is 2. The summed E-state index contributed by atoms with van der Waals surface area (Å²) in [7, 11) is 1.48. The van der Waals surface area contributed by atoms with E-state index in [0.29, 0.717) is 17.9 Å². The van der Waals surface area contributed by atoms with Crippen molar-refractivity contribution in [3.05, 3.63) is 58.1 Å². The van der Waals surface area contributed by atoms with Gasteiger partial charge in [0.05, 0.1) is 36.5 Å². The number of rotatable bonds is 10. The molecular formula is C21H24BrN3O4. The van der Waals surface area contributed by atoms with Crippen LogP contribution in [-0.4, -0.2) is 38.3 Å². The van der Waals surface area contributed by atoms with Crippen molar-refractivity contribution in [2.24, 2.45) is 5.10 Å². The number of benzene rings is 2. The molecule has 0 aliphatic rings. The Kier molecular flexibility index (Phi) is 9.17. The van der Waals surface area contributed by atoms with Gasteiger partial charge in [-0.3, -0.25) is 9.59 Å². The topological polar surface area (TPSA) is 89.0 Å².